The molecule has 2 N–H and O–H groups in total. The summed E-state index contributed by atoms with van der Waals surface area (Å²) < 4.78 is 2.06. The fourth-order valence-corrected chi connectivity index (χ4v) is 4.40. The van der Waals surface area contributed by atoms with Crippen LogP contribution in [-0.4, -0.2) is 38.6 Å². The zero-order valence-corrected chi connectivity index (χ0v) is 21.1. The van der Waals surface area contributed by atoms with E-state index in [-0.39, 0.29) is 5.91 Å². The van der Waals surface area contributed by atoms with Crippen LogP contribution >= 0.6 is 0 Å². The van der Waals surface area contributed by atoms with Gasteiger partial charge in [0.2, 0.25) is 11.6 Å². The van der Waals surface area contributed by atoms with E-state index in [0.29, 0.717) is 18.9 Å². The van der Waals surface area contributed by atoms with Crippen LogP contribution in [0.2, 0.25) is 0 Å². The predicted molar refractivity (Wildman–Crippen MR) is 143 cm³/mol. The SMILES string of the molecule is C=C(Cc1ccc2c(c1)nc(NCCCCNC(=O)CC(C)C)c1nnc(C)n12)C1=CCCC=C1. The number of hydrogen-bond acceptors (Lipinski definition) is 5. The number of rotatable bonds is 11. The van der Waals surface area contributed by atoms with Crippen LogP contribution in [0.3, 0.4) is 0 Å². The molecule has 0 bridgehead atoms. The number of benzene rings is 1. The molecule has 2 aromatic heterocycles. The molecule has 0 fully saturated rings. The summed E-state index contributed by atoms with van der Waals surface area (Å²) >= 11 is 0. The number of anilines is 1. The lowest BCUT2D eigenvalue weighted by molar-refractivity contribution is -0.121. The van der Waals surface area contributed by atoms with Crippen LogP contribution in [0.15, 0.2) is 54.2 Å². The second kappa shape index (κ2) is 11.3. The summed E-state index contributed by atoms with van der Waals surface area (Å²) in [4.78, 5) is 16.7. The minimum atomic E-state index is 0.124. The van der Waals surface area contributed by atoms with Gasteiger partial charge in [-0.05, 0) is 73.8 Å². The Labute approximate surface area is 207 Å². The van der Waals surface area contributed by atoms with E-state index in [2.05, 4.69) is 82.1 Å². The molecule has 0 atom stereocenters. The third kappa shape index (κ3) is 6.15. The molecule has 0 saturated heterocycles. The van der Waals surface area contributed by atoms with Crippen LogP contribution < -0.4 is 10.6 Å². The number of hydrogen-bond donors (Lipinski definition) is 2. The van der Waals surface area contributed by atoms with Gasteiger partial charge in [-0.15, -0.1) is 10.2 Å². The van der Waals surface area contributed by atoms with Gasteiger partial charge in [0.15, 0.2) is 5.82 Å². The maximum Gasteiger partial charge on any atom is 0.220 e. The summed E-state index contributed by atoms with van der Waals surface area (Å²) in [7, 11) is 0. The van der Waals surface area contributed by atoms with Gasteiger partial charge in [0, 0.05) is 19.5 Å². The van der Waals surface area contributed by atoms with E-state index >= 15 is 0 Å². The van der Waals surface area contributed by atoms with Gasteiger partial charge in [0.05, 0.1) is 11.0 Å². The van der Waals surface area contributed by atoms with Crippen molar-refractivity contribution in [3.63, 3.8) is 0 Å². The highest BCUT2D eigenvalue weighted by Gasteiger charge is 2.14. The first-order valence-electron chi connectivity index (χ1n) is 12.6. The molecule has 1 aromatic carbocycles. The maximum absolute atomic E-state index is 11.8. The van der Waals surface area contributed by atoms with Gasteiger partial charge in [0.1, 0.15) is 5.82 Å². The lowest BCUT2D eigenvalue weighted by atomic mass is 9.95. The summed E-state index contributed by atoms with van der Waals surface area (Å²) in [6.45, 7) is 11.8. The third-order valence-corrected chi connectivity index (χ3v) is 6.18. The highest BCUT2D eigenvalue weighted by atomic mass is 16.1. The fraction of sp³-hybridized carbons (Fsp3) is 0.429. The van der Waals surface area contributed by atoms with Gasteiger partial charge in [-0.25, -0.2) is 4.98 Å². The smallest absolute Gasteiger partial charge is 0.220 e. The normalized spacial score (nSPS) is 13.4. The molecule has 35 heavy (non-hydrogen) atoms. The molecular weight excluding hydrogens is 436 g/mol. The van der Waals surface area contributed by atoms with Gasteiger partial charge < -0.3 is 10.6 Å². The molecule has 184 valence electrons. The van der Waals surface area contributed by atoms with E-state index in [4.69, 9.17) is 4.98 Å². The summed E-state index contributed by atoms with van der Waals surface area (Å²) in [5.41, 5.74) is 6.17. The zero-order valence-electron chi connectivity index (χ0n) is 21.1. The first-order valence-corrected chi connectivity index (χ1v) is 12.6. The molecule has 1 amide bonds. The first-order chi connectivity index (χ1) is 16.9. The number of aryl methyl sites for hydroxylation is 1. The van der Waals surface area contributed by atoms with Crippen molar-refractivity contribution in [1.29, 1.82) is 0 Å². The largest absolute Gasteiger partial charge is 0.367 e. The number of nitrogens with one attached hydrogen (secondary N) is 2. The van der Waals surface area contributed by atoms with Crippen LogP contribution in [0.1, 0.15) is 57.3 Å². The monoisotopic (exact) mass is 472 g/mol. The molecule has 0 unspecified atom stereocenters. The number of nitrogens with zero attached hydrogens (tertiary/aromatic N) is 4. The van der Waals surface area contributed by atoms with Crippen molar-refractivity contribution in [2.45, 2.75) is 59.3 Å². The molecule has 4 rings (SSSR count). The first kappa shape index (κ1) is 24.6. The Morgan fingerprint density at radius 3 is 2.77 bits per heavy atom. The van der Waals surface area contributed by atoms with E-state index < -0.39 is 0 Å². The van der Waals surface area contributed by atoms with Crippen molar-refractivity contribution in [3.8, 4) is 0 Å². The molecule has 0 aliphatic heterocycles. The topological polar surface area (TPSA) is 84.2 Å². The Kier molecular flexibility index (Phi) is 7.95. The number of carbonyl (C=O) groups is 1. The zero-order chi connectivity index (χ0) is 24.8. The van der Waals surface area contributed by atoms with Crippen molar-refractivity contribution in [3.05, 3.63) is 65.5 Å². The molecule has 2 heterocycles. The number of aromatic nitrogens is 4. The van der Waals surface area contributed by atoms with Gasteiger partial charge in [-0.1, -0.05) is 44.7 Å². The Hall–Kier alpha value is -3.48. The summed E-state index contributed by atoms with van der Waals surface area (Å²) in [5.74, 6) is 2.07. The Balaban J connectivity index is 1.45. The Bertz CT molecular complexity index is 1280. The maximum atomic E-state index is 11.8. The third-order valence-electron chi connectivity index (χ3n) is 6.18. The molecular formula is C28H36N6O. The summed E-state index contributed by atoms with van der Waals surface area (Å²) in [6.07, 6.45) is 12.0. The molecule has 1 aliphatic rings. The molecule has 0 radical (unpaired) electrons. The number of carbonyl (C=O) groups excluding carboxylic acids is 1. The summed E-state index contributed by atoms with van der Waals surface area (Å²) in [5, 5.41) is 15.1. The Morgan fingerprint density at radius 1 is 1.17 bits per heavy atom. The van der Waals surface area contributed by atoms with Crippen molar-refractivity contribution >= 4 is 28.4 Å². The molecule has 3 aromatic rings. The average Bonchev–Trinajstić information content (AvgIpc) is 3.23. The molecule has 0 saturated carbocycles. The number of unbranched alkanes of at least 4 members (excludes halogenated alkanes) is 1. The molecule has 7 nitrogen and oxygen atoms in total. The number of amides is 1. The summed E-state index contributed by atoms with van der Waals surface area (Å²) in [6, 6.07) is 6.38. The van der Waals surface area contributed by atoms with E-state index in [1.807, 2.05) is 6.92 Å². The van der Waals surface area contributed by atoms with Crippen LogP contribution in [0.25, 0.3) is 16.7 Å². The highest BCUT2D eigenvalue weighted by molar-refractivity contribution is 5.83. The van der Waals surface area contributed by atoms with Gasteiger partial charge in [-0.3, -0.25) is 9.20 Å². The van der Waals surface area contributed by atoms with Crippen LogP contribution in [0.4, 0.5) is 5.82 Å². The van der Waals surface area contributed by atoms with E-state index in [9.17, 15) is 4.79 Å². The van der Waals surface area contributed by atoms with Crippen molar-refractivity contribution < 1.29 is 4.79 Å². The quantitative estimate of drug-likeness (QED) is 0.369. The van der Waals surface area contributed by atoms with Gasteiger partial charge in [-0.2, -0.15) is 0 Å². The second-order valence-corrected chi connectivity index (χ2v) is 9.69. The van der Waals surface area contributed by atoms with Gasteiger partial charge in [0.25, 0.3) is 0 Å². The lowest BCUT2D eigenvalue weighted by Gasteiger charge is -2.13. The minimum Gasteiger partial charge on any atom is -0.367 e. The van der Waals surface area contributed by atoms with Gasteiger partial charge >= 0.3 is 0 Å². The van der Waals surface area contributed by atoms with E-state index in [1.165, 1.54) is 11.1 Å². The number of allylic oxidation sites excluding steroid dienone is 5. The van der Waals surface area contributed by atoms with E-state index in [1.54, 1.807) is 0 Å². The number of fused-ring (bicyclic) bond motifs is 3. The van der Waals surface area contributed by atoms with Crippen molar-refractivity contribution in [2.75, 3.05) is 18.4 Å². The van der Waals surface area contributed by atoms with Crippen molar-refractivity contribution in [2.24, 2.45) is 5.92 Å². The predicted octanol–water partition coefficient (Wildman–Crippen LogP) is 5.32. The Morgan fingerprint density at radius 2 is 2.00 bits per heavy atom. The second-order valence-electron chi connectivity index (χ2n) is 9.69. The van der Waals surface area contributed by atoms with E-state index in [0.717, 1.165) is 72.5 Å². The van der Waals surface area contributed by atoms with Crippen LogP contribution in [0, 0.1) is 12.8 Å². The fourth-order valence-electron chi connectivity index (χ4n) is 4.40. The standard InChI is InChI=1S/C28H36N6O/c1-19(2)16-26(35)29-14-8-9-15-30-27-28-33-32-21(4)34(28)25-13-12-22(18-24(25)31-27)17-20(3)23-10-6-5-7-11-23/h6,10-13,18-19H,3,5,7-9,14-17H2,1-2,4H3,(H,29,35)(H,30,31). The van der Waals surface area contributed by atoms with Crippen LogP contribution in [-0.2, 0) is 11.2 Å². The molecule has 7 heteroatoms. The minimum absolute atomic E-state index is 0.124. The average molecular weight is 473 g/mol. The molecule has 0 spiro atoms. The van der Waals surface area contributed by atoms with Crippen LogP contribution in [0.5, 0.6) is 0 Å². The molecule has 1 aliphatic carbocycles. The lowest BCUT2D eigenvalue weighted by Crippen LogP contribution is -2.25. The highest BCUT2D eigenvalue weighted by Crippen LogP contribution is 2.25. The van der Waals surface area contributed by atoms with Crippen molar-refractivity contribution in [1.82, 2.24) is 24.9 Å².